The van der Waals surface area contributed by atoms with E-state index >= 15 is 0 Å². The number of benzene rings is 1. The number of aromatic nitrogens is 3. The molecule has 1 aromatic carbocycles. The third-order valence-electron chi connectivity index (χ3n) is 1.84. The molecular formula is C9H8FN3. The van der Waals surface area contributed by atoms with Crippen LogP contribution in [0.15, 0.2) is 30.6 Å². The summed E-state index contributed by atoms with van der Waals surface area (Å²) in [5.41, 5.74) is 1.31. The van der Waals surface area contributed by atoms with Gasteiger partial charge in [-0.3, -0.25) is 0 Å². The highest BCUT2D eigenvalue weighted by Crippen LogP contribution is 2.11. The molecule has 0 fully saturated rings. The van der Waals surface area contributed by atoms with Crippen LogP contribution in [0.5, 0.6) is 0 Å². The SMILES string of the molecule is Cc1ccc(-n2ccnn2)cc1F. The highest BCUT2D eigenvalue weighted by molar-refractivity contribution is 5.33. The summed E-state index contributed by atoms with van der Waals surface area (Å²) in [4.78, 5) is 0. The Hall–Kier alpha value is -1.71. The second kappa shape index (κ2) is 2.97. The number of nitrogens with zero attached hydrogens (tertiary/aromatic N) is 3. The lowest BCUT2D eigenvalue weighted by molar-refractivity contribution is 0.615. The fraction of sp³-hybridized carbons (Fsp3) is 0.111. The lowest BCUT2D eigenvalue weighted by Crippen LogP contribution is -1.96. The largest absolute Gasteiger partial charge is 0.221 e. The summed E-state index contributed by atoms with van der Waals surface area (Å²) in [6.45, 7) is 1.72. The molecule has 0 N–H and O–H groups in total. The molecule has 0 atom stereocenters. The first-order chi connectivity index (χ1) is 6.27. The second-order valence-electron chi connectivity index (χ2n) is 2.78. The van der Waals surface area contributed by atoms with Gasteiger partial charge in [-0.15, -0.1) is 5.10 Å². The van der Waals surface area contributed by atoms with Crippen molar-refractivity contribution in [2.45, 2.75) is 6.92 Å². The number of halogens is 1. The van der Waals surface area contributed by atoms with E-state index in [-0.39, 0.29) is 5.82 Å². The van der Waals surface area contributed by atoms with Crippen LogP contribution >= 0.6 is 0 Å². The molecule has 0 aliphatic rings. The van der Waals surface area contributed by atoms with Crippen LogP contribution in [-0.4, -0.2) is 15.0 Å². The third-order valence-corrected chi connectivity index (χ3v) is 1.84. The van der Waals surface area contributed by atoms with Gasteiger partial charge in [-0.25, -0.2) is 9.07 Å². The summed E-state index contributed by atoms with van der Waals surface area (Å²) in [5, 5.41) is 7.40. The molecule has 0 amide bonds. The molecule has 66 valence electrons. The van der Waals surface area contributed by atoms with Crippen molar-refractivity contribution in [3.8, 4) is 5.69 Å². The average Bonchev–Trinajstić information content (AvgIpc) is 2.62. The van der Waals surface area contributed by atoms with Gasteiger partial charge in [-0.2, -0.15) is 0 Å². The van der Waals surface area contributed by atoms with Gasteiger partial charge in [0.1, 0.15) is 5.82 Å². The molecule has 2 aromatic rings. The van der Waals surface area contributed by atoms with Crippen molar-refractivity contribution < 1.29 is 4.39 Å². The Morgan fingerprint density at radius 3 is 2.85 bits per heavy atom. The fourth-order valence-corrected chi connectivity index (χ4v) is 1.07. The normalized spacial score (nSPS) is 10.3. The molecule has 0 aliphatic heterocycles. The van der Waals surface area contributed by atoms with Crippen LogP contribution in [0.4, 0.5) is 4.39 Å². The van der Waals surface area contributed by atoms with Gasteiger partial charge in [0.2, 0.25) is 0 Å². The second-order valence-corrected chi connectivity index (χ2v) is 2.78. The van der Waals surface area contributed by atoms with E-state index in [9.17, 15) is 4.39 Å². The van der Waals surface area contributed by atoms with Gasteiger partial charge in [-0.05, 0) is 24.6 Å². The maximum Gasteiger partial charge on any atom is 0.128 e. The molecular weight excluding hydrogens is 169 g/mol. The van der Waals surface area contributed by atoms with E-state index in [1.165, 1.54) is 10.7 Å². The minimum atomic E-state index is -0.229. The predicted molar refractivity (Wildman–Crippen MR) is 46.1 cm³/mol. The van der Waals surface area contributed by atoms with Crippen molar-refractivity contribution in [2.24, 2.45) is 0 Å². The minimum absolute atomic E-state index is 0.229. The molecule has 3 nitrogen and oxygen atoms in total. The molecule has 0 bridgehead atoms. The summed E-state index contributed by atoms with van der Waals surface area (Å²) < 4.78 is 14.6. The monoisotopic (exact) mass is 177 g/mol. The summed E-state index contributed by atoms with van der Waals surface area (Å²) >= 11 is 0. The average molecular weight is 177 g/mol. The standard InChI is InChI=1S/C9H8FN3/c1-7-2-3-8(6-9(7)10)13-5-4-11-12-13/h2-6H,1H3. The first-order valence-electron chi connectivity index (χ1n) is 3.90. The maximum absolute atomic E-state index is 13.1. The summed E-state index contributed by atoms with van der Waals surface area (Å²) in [6.07, 6.45) is 3.22. The van der Waals surface area contributed by atoms with Crippen LogP contribution in [0, 0.1) is 12.7 Å². The van der Waals surface area contributed by atoms with E-state index in [0.717, 1.165) is 0 Å². The summed E-state index contributed by atoms with van der Waals surface area (Å²) in [5.74, 6) is -0.229. The molecule has 0 spiro atoms. The van der Waals surface area contributed by atoms with Gasteiger partial charge in [-0.1, -0.05) is 11.3 Å². The van der Waals surface area contributed by atoms with Gasteiger partial charge < -0.3 is 0 Å². The zero-order valence-corrected chi connectivity index (χ0v) is 7.11. The molecule has 0 saturated carbocycles. The van der Waals surface area contributed by atoms with E-state index in [4.69, 9.17) is 0 Å². The Morgan fingerprint density at radius 1 is 1.38 bits per heavy atom. The highest BCUT2D eigenvalue weighted by atomic mass is 19.1. The number of aryl methyl sites for hydroxylation is 1. The van der Waals surface area contributed by atoms with Gasteiger partial charge in [0.15, 0.2) is 0 Å². The van der Waals surface area contributed by atoms with Gasteiger partial charge in [0.05, 0.1) is 18.1 Å². The third kappa shape index (κ3) is 1.42. The Morgan fingerprint density at radius 2 is 2.23 bits per heavy atom. The van der Waals surface area contributed by atoms with Crippen molar-refractivity contribution in [1.29, 1.82) is 0 Å². The highest BCUT2D eigenvalue weighted by Gasteiger charge is 2.00. The topological polar surface area (TPSA) is 30.7 Å². The zero-order chi connectivity index (χ0) is 9.26. The van der Waals surface area contributed by atoms with Crippen molar-refractivity contribution in [3.63, 3.8) is 0 Å². The van der Waals surface area contributed by atoms with Crippen molar-refractivity contribution >= 4 is 0 Å². The summed E-state index contributed by atoms with van der Waals surface area (Å²) in [6, 6.07) is 4.95. The smallest absolute Gasteiger partial charge is 0.128 e. The number of hydrogen-bond donors (Lipinski definition) is 0. The number of hydrogen-bond acceptors (Lipinski definition) is 2. The van der Waals surface area contributed by atoms with Crippen molar-refractivity contribution in [3.05, 3.63) is 42.0 Å². The zero-order valence-electron chi connectivity index (χ0n) is 7.11. The minimum Gasteiger partial charge on any atom is -0.221 e. The number of rotatable bonds is 1. The van der Waals surface area contributed by atoms with Gasteiger partial charge >= 0.3 is 0 Å². The molecule has 4 heteroatoms. The van der Waals surface area contributed by atoms with E-state index in [1.54, 1.807) is 31.5 Å². The Kier molecular flexibility index (Phi) is 1.81. The van der Waals surface area contributed by atoms with E-state index in [0.29, 0.717) is 11.3 Å². The van der Waals surface area contributed by atoms with E-state index in [2.05, 4.69) is 10.3 Å². The first-order valence-corrected chi connectivity index (χ1v) is 3.90. The maximum atomic E-state index is 13.1. The van der Waals surface area contributed by atoms with E-state index < -0.39 is 0 Å². The predicted octanol–water partition coefficient (Wildman–Crippen LogP) is 1.71. The summed E-state index contributed by atoms with van der Waals surface area (Å²) in [7, 11) is 0. The molecule has 0 unspecified atom stereocenters. The van der Waals surface area contributed by atoms with Crippen LogP contribution in [0.2, 0.25) is 0 Å². The first kappa shape index (κ1) is 7.91. The van der Waals surface area contributed by atoms with Crippen molar-refractivity contribution in [2.75, 3.05) is 0 Å². The van der Waals surface area contributed by atoms with Crippen LogP contribution in [0.3, 0.4) is 0 Å². The van der Waals surface area contributed by atoms with Gasteiger partial charge in [0.25, 0.3) is 0 Å². The molecule has 2 rings (SSSR count). The fourth-order valence-electron chi connectivity index (χ4n) is 1.07. The van der Waals surface area contributed by atoms with Crippen LogP contribution in [0.25, 0.3) is 5.69 Å². The molecule has 1 heterocycles. The van der Waals surface area contributed by atoms with E-state index in [1.807, 2.05) is 0 Å². The molecule has 1 aromatic heterocycles. The van der Waals surface area contributed by atoms with Gasteiger partial charge in [0, 0.05) is 0 Å². The molecule has 0 radical (unpaired) electrons. The molecule has 13 heavy (non-hydrogen) atoms. The Labute approximate surface area is 74.8 Å². The quantitative estimate of drug-likeness (QED) is 0.664. The molecule has 0 aliphatic carbocycles. The molecule has 0 saturated heterocycles. The Bertz CT molecular complexity index is 409. The Balaban J connectivity index is 2.49. The van der Waals surface area contributed by atoms with Crippen LogP contribution in [-0.2, 0) is 0 Å². The lowest BCUT2D eigenvalue weighted by atomic mass is 10.2. The van der Waals surface area contributed by atoms with Crippen LogP contribution in [0.1, 0.15) is 5.56 Å². The lowest BCUT2D eigenvalue weighted by Gasteiger charge is -2.01. The van der Waals surface area contributed by atoms with Crippen LogP contribution < -0.4 is 0 Å². The van der Waals surface area contributed by atoms with Crippen molar-refractivity contribution in [1.82, 2.24) is 15.0 Å².